The molecule has 1 aromatic heterocycles. The summed E-state index contributed by atoms with van der Waals surface area (Å²) in [7, 11) is 0. The molecule has 0 aliphatic rings. The SMILES string of the molecule is CC(C(=O)NN)c1ccc(Cn2cnc([N+](=O)[O-])n2)cc1. The lowest BCUT2D eigenvalue weighted by Gasteiger charge is -2.10. The Morgan fingerprint density at radius 3 is 2.67 bits per heavy atom. The van der Waals surface area contributed by atoms with Crippen LogP contribution in [0.4, 0.5) is 5.95 Å². The van der Waals surface area contributed by atoms with Gasteiger partial charge in [0.2, 0.25) is 12.2 Å². The summed E-state index contributed by atoms with van der Waals surface area (Å²) in [6, 6.07) is 7.26. The van der Waals surface area contributed by atoms with Crippen LogP contribution < -0.4 is 11.3 Å². The zero-order chi connectivity index (χ0) is 15.4. The van der Waals surface area contributed by atoms with Gasteiger partial charge in [-0.3, -0.25) is 10.2 Å². The summed E-state index contributed by atoms with van der Waals surface area (Å²) in [5.41, 5.74) is 3.82. The summed E-state index contributed by atoms with van der Waals surface area (Å²) in [4.78, 5) is 24.9. The molecule has 0 bridgehead atoms. The minimum absolute atomic E-state index is 0.269. The zero-order valence-corrected chi connectivity index (χ0v) is 11.3. The lowest BCUT2D eigenvalue weighted by Crippen LogP contribution is -2.33. The van der Waals surface area contributed by atoms with Gasteiger partial charge in [0.15, 0.2) is 0 Å². The van der Waals surface area contributed by atoms with Crippen molar-refractivity contribution in [1.29, 1.82) is 0 Å². The number of nitrogens with one attached hydrogen (secondary N) is 1. The molecule has 0 saturated heterocycles. The molecule has 2 rings (SSSR count). The molecule has 3 N–H and O–H groups in total. The Kier molecular flexibility index (Phi) is 4.24. The van der Waals surface area contributed by atoms with Crippen LogP contribution in [0.3, 0.4) is 0 Å². The number of hydrogen-bond acceptors (Lipinski definition) is 6. The predicted octanol–water partition coefficient (Wildman–Crippen LogP) is 0.328. The molecule has 0 radical (unpaired) electrons. The van der Waals surface area contributed by atoms with Crippen molar-refractivity contribution in [2.45, 2.75) is 19.4 Å². The van der Waals surface area contributed by atoms with Gasteiger partial charge in [-0.05, 0) is 23.0 Å². The molecule has 0 aliphatic carbocycles. The quantitative estimate of drug-likeness (QED) is 0.353. The van der Waals surface area contributed by atoms with Crippen molar-refractivity contribution in [2.24, 2.45) is 5.84 Å². The number of hydrazine groups is 1. The number of amides is 1. The first-order valence-electron chi connectivity index (χ1n) is 6.14. The maximum Gasteiger partial charge on any atom is 0.490 e. The first-order chi connectivity index (χ1) is 10.0. The molecule has 1 amide bonds. The highest BCUT2D eigenvalue weighted by molar-refractivity contribution is 5.82. The van der Waals surface area contributed by atoms with E-state index in [1.54, 1.807) is 19.1 Å². The normalized spacial score (nSPS) is 11.9. The number of nitrogens with two attached hydrogens (primary N) is 1. The molecule has 1 aromatic carbocycles. The lowest BCUT2D eigenvalue weighted by atomic mass is 9.99. The van der Waals surface area contributed by atoms with Gasteiger partial charge in [-0.2, -0.15) is 4.68 Å². The standard InChI is InChI=1S/C12H14N6O3/c1-8(11(19)15-13)10-4-2-9(3-5-10)6-17-7-14-12(16-17)18(20)21/h2-5,7-8H,6,13H2,1H3,(H,15,19). The van der Waals surface area contributed by atoms with Gasteiger partial charge in [-0.1, -0.05) is 29.2 Å². The Hall–Kier alpha value is -2.81. The minimum atomic E-state index is -0.646. The third kappa shape index (κ3) is 3.39. The minimum Gasteiger partial charge on any atom is -0.390 e. The topological polar surface area (TPSA) is 129 Å². The zero-order valence-electron chi connectivity index (χ0n) is 11.3. The molecule has 0 fully saturated rings. The molecule has 9 nitrogen and oxygen atoms in total. The fourth-order valence-corrected chi connectivity index (χ4v) is 1.82. The maximum absolute atomic E-state index is 11.4. The van der Waals surface area contributed by atoms with E-state index >= 15 is 0 Å². The van der Waals surface area contributed by atoms with Crippen LogP contribution in [-0.2, 0) is 11.3 Å². The van der Waals surface area contributed by atoms with Crippen molar-refractivity contribution in [3.63, 3.8) is 0 Å². The summed E-state index contributed by atoms with van der Waals surface area (Å²) in [5.74, 6) is 4.05. The van der Waals surface area contributed by atoms with Gasteiger partial charge in [0.1, 0.15) is 0 Å². The average Bonchev–Trinajstić information content (AvgIpc) is 2.95. The van der Waals surface area contributed by atoms with E-state index < -0.39 is 10.9 Å². The summed E-state index contributed by atoms with van der Waals surface area (Å²) in [6.07, 6.45) is 1.30. The van der Waals surface area contributed by atoms with Crippen molar-refractivity contribution >= 4 is 11.9 Å². The van der Waals surface area contributed by atoms with Crippen molar-refractivity contribution in [3.8, 4) is 0 Å². The van der Waals surface area contributed by atoms with E-state index in [0.717, 1.165) is 11.1 Å². The van der Waals surface area contributed by atoms with Crippen LogP contribution in [0.1, 0.15) is 24.0 Å². The Labute approximate surface area is 119 Å². The molecule has 21 heavy (non-hydrogen) atoms. The van der Waals surface area contributed by atoms with Crippen LogP contribution in [0.2, 0.25) is 0 Å². The van der Waals surface area contributed by atoms with Crippen LogP contribution in [0.15, 0.2) is 30.6 Å². The van der Waals surface area contributed by atoms with Crippen LogP contribution >= 0.6 is 0 Å². The number of nitrogens with zero attached hydrogens (tertiary/aromatic N) is 4. The van der Waals surface area contributed by atoms with Crippen molar-refractivity contribution in [1.82, 2.24) is 20.2 Å². The van der Waals surface area contributed by atoms with E-state index in [9.17, 15) is 14.9 Å². The first kappa shape index (κ1) is 14.6. The molecule has 0 aliphatic heterocycles. The summed E-state index contributed by atoms with van der Waals surface area (Å²) in [6.45, 7) is 2.11. The van der Waals surface area contributed by atoms with Crippen molar-refractivity contribution in [2.75, 3.05) is 0 Å². The van der Waals surface area contributed by atoms with Crippen LogP contribution in [-0.4, -0.2) is 25.6 Å². The third-order valence-corrected chi connectivity index (χ3v) is 3.05. The predicted molar refractivity (Wildman–Crippen MR) is 73.0 cm³/mol. The molecule has 9 heteroatoms. The van der Waals surface area contributed by atoms with E-state index in [1.165, 1.54) is 11.0 Å². The van der Waals surface area contributed by atoms with Gasteiger partial charge in [0.05, 0.1) is 12.5 Å². The van der Waals surface area contributed by atoms with E-state index in [4.69, 9.17) is 5.84 Å². The number of nitro groups is 1. The number of carbonyl (C=O) groups is 1. The van der Waals surface area contributed by atoms with Crippen molar-refractivity contribution < 1.29 is 9.72 Å². The Bertz CT molecular complexity index is 651. The van der Waals surface area contributed by atoms with Gasteiger partial charge in [0.25, 0.3) is 0 Å². The number of aromatic nitrogens is 3. The number of benzene rings is 1. The highest BCUT2D eigenvalue weighted by Crippen LogP contribution is 2.16. The molecular weight excluding hydrogens is 276 g/mol. The summed E-state index contributed by atoms with van der Waals surface area (Å²) >= 11 is 0. The molecule has 2 aromatic rings. The summed E-state index contributed by atoms with van der Waals surface area (Å²) in [5, 5.41) is 14.2. The van der Waals surface area contributed by atoms with E-state index in [2.05, 4.69) is 15.5 Å². The van der Waals surface area contributed by atoms with Crippen LogP contribution in [0.25, 0.3) is 0 Å². The number of carbonyl (C=O) groups excluding carboxylic acids is 1. The monoisotopic (exact) mass is 290 g/mol. The second-order valence-electron chi connectivity index (χ2n) is 4.47. The van der Waals surface area contributed by atoms with E-state index in [1.807, 2.05) is 12.1 Å². The van der Waals surface area contributed by atoms with Crippen LogP contribution in [0, 0.1) is 10.1 Å². The molecule has 0 saturated carbocycles. The van der Waals surface area contributed by atoms with Gasteiger partial charge >= 0.3 is 5.95 Å². The maximum atomic E-state index is 11.4. The molecule has 1 heterocycles. The fraction of sp³-hybridized carbons (Fsp3) is 0.250. The molecule has 110 valence electrons. The highest BCUT2D eigenvalue weighted by atomic mass is 16.6. The summed E-state index contributed by atoms with van der Waals surface area (Å²) < 4.78 is 1.38. The van der Waals surface area contributed by atoms with Gasteiger partial charge in [0, 0.05) is 5.10 Å². The number of hydrogen-bond donors (Lipinski definition) is 2. The molecule has 1 unspecified atom stereocenters. The molecular formula is C12H14N6O3. The average molecular weight is 290 g/mol. The Morgan fingerprint density at radius 1 is 1.48 bits per heavy atom. The van der Waals surface area contributed by atoms with Crippen molar-refractivity contribution in [3.05, 3.63) is 51.8 Å². The van der Waals surface area contributed by atoms with Gasteiger partial charge in [-0.25, -0.2) is 5.84 Å². The molecule has 0 spiro atoms. The van der Waals surface area contributed by atoms with E-state index in [0.29, 0.717) is 6.54 Å². The van der Waals surface area contributed by atoms with Gasteiger partial charge in [-0.15, -0.1) is 0 Å². The Balaban J connectivity index is 2.08. The highest BCUT2D eigenvalue weighted by Gasteiger charge is 2.15. The Morgan fingerprint density at radius 2 is 2.14 bits per heavy atom. The van der Waals surface area contributed by atoms with Gasteiger partial charge < -0.3 is 10.1 Å². The molecule has 1 atom stereocenters. The van der Waals surface area contributed by atoms with Crippen LogP contribution in [0.5, 0.6) is 0 Å². The van der Waals surface area contributed by atoms with E-state index in [-0.39, 0.29) is 11.8 Å². The second-order valence-corrected chi connectivity index (χ2v) is 4.47. The lowest BCUT2D eigenvalue weighted by molar-refractivity contribution is -0.394. The smallest absolute Gasteiger partial charge is 0.390 e. The first-order valence-corrected chi connectivity index (χ1v) is 6.14. The third-order valence-electron chi connectivity index (χ3n) is 3.05. The fourth-order valence-electron chi connectivity index (χ4n) is 1.82. The number of rotatable bonds is 5. The second kappa shape index (κ2) is 6.09. The largest absolute Gasteiger partial charge is 0.490 e.